The Hall–Kier alpha value is -3.68. The molecule has 1 saturated heterocycles. The molecule has 0 aliphatic carbocycles. The van der Waals surface area contributed by atoms with Gasteiger partial charge in [-0.05, 0) is 48.7 Å². The SMILES string of the molecule is CCCc1cc(C(O)(C(F)(F)F)C(F)(F)F)ccc1OCCN1C(=O)NC(C)(c2ccc3c(c2)OCO3)C1=O. The van der Waals surface area contributed by atoms with E-state index in [1.54, 1.807) is 25.1 Å². The van der Waals surface area contributed by atoms with Crippen LogP contribution in [-0.2, 0) is 22.4 Å². The van der Waals surface area contributed by atoms with Gasteiger partial charge in [-0.2, -0.15) is 26.3 Å². The predicted molar refractivity (Wildman–Crippen MR) is 122 cm³/mol. The van der Waals surface area contributed by atoms with E-state index in [2.05, 4.69) is 5.32 Å². The van der Waals surface area contributed by atoms with Crippen molar-refractivity contribution in [1.29, 1.82) is 0 Å². The average Bonchev–Trinajstić information content (AvgIpc) is 3.41. The van der Waals surface area contributed by atoms with Gasteiger partial charge in [0.15, 0.2) is 11.5 Å². The minimum atomic E-state index is -6.02. The van der Waals surface area contributed by atoms with Gasteiger partial charge in [0.05, 0.1) is 6.54 Å². The molecule has 0 saturated carbocycles. The number of carbonyl (C=O) groups is 2. The van der Waals surface area contributed by atoms with Crippen LogP contribution in [0.3, 0.4) is 0 Å². The molecule has 2 aliphatic heterocycles. The second kappa shape index (κ2) is 9.81. The molecule has 8 nitrogen and oxygen atoms in total. The standard InChI is InChI=1S/C25H24F6N2O6/c1-3-4-14-11-16(23(36,24(26,27)28)25(29,30)31)6-7-17(14)37-10-9-33-20(34)22(2,32-21(33)35)15-5-8-18-19(12-15)39-13-38-18/h5-8,11-12,36H,3-4,9-10,13H2,1-2H3,(H,32,35). The van der Waals surface area contributed by atoms with E-state index in [4.69, 9.17) is 14.2 Å². The first-order chi connectivity index (χ1) is 18.1. The summed E-state index contributed by atoms with van der Waals surface area (Å²) in [5.41, 5.74) is -7.46. The molecule has 14 heteroatoms. The van der Waals surface area contributed by atoms with E-state index >= 15 is 0 Å². The van der Waals surface area contributed by atoms with E-state index in [0.717, 1.165) is 11.0 Å². The maximum absolute atomic E-state index is 13.3. The van der Waals surface area contributed by atoms with Gasteiger partial charge >= 0.3 is 18.4 Å². The summed E-state index contributed by atoms with van der Waals surface area (Å²) < 4.78 is 96.0. The molecule has 4 rings (SSSR count). The Balaban J connectivity index is 1.50. The maximum atomic E-state index is 13.3. The van der Waals surface area contributed by atoms with Crippen LogP contribution in [-0.4, -0.2) is 54.2 Å². The van der Waals surface area contributed by atoms with Crippen LogP contribution in [0.15, 0.2) is 36.4 Å². The van der Waals surface area contributed by atoms with Gasteiger partial charge in [-0.25, -0.2) is 4.79 Å². The van der Waals surface area contributed by atoms with Gasteiger partial charge in [-0.3, -0.25) is 9.69 Å². The molecule has 3 amide bonds. The Morgan fingerprint density at radius 1 is 1.03 bits per heavy atom. The summed E-state index contributed by atoms with van der Waals surface area (Å²) in [6, 6.07) is 6.05. The third kappa shape index (κ3) is 4.81. The highest BCUT2D eigenvalue weighted by molar-refractivity contribution is 6.07. The van der Waals surface area contributed by atoms with Crippen molar-refractivity contribution in [2.24, 2.45) is 0 Å². The molecule has 1 atom stereocenters. The number of halogens is 6. The number of fused-ring (bicyclic) bond motifs is 1. The molecule has 0 aromatic heterocycles. The fourth-order valence-electron chi connectivity index (χ4n) is 4.45. The topological polar surface area (TPSA) is 97.3 Å². The number of hydrogen-bond donors (Lipinski definition) is 2. The highest BCUT2D eigenvalue weighted by atomic mass is 19.4. The molecule has 2 aromatic rings. The molecular weight excluding hydrogens is 538 g/mol. The van der Waals surface area contributed by atoms with Crippen molar-refractivity contribution in [1.82, 2.24) is 10.2 Å². The predicted octanol–water partition coefficient (Wildman–Crippen LogP) is 4.53. The Morgan fingerprint density at radius 2 is 1.69 bits per heavy atom. The number of alkyl halides is 6. The molecule has 2 aliphatic rings. The molecule has 2 aromatic carbocycles. The lowest BCUT2D eigenvalue weighted by Gasteiger charge is -2.33. The molecule has 0 bridgehead atoms. The van der Waals surface area contributed by atoms with Gasteiger partial charge in [0, 0.05) is 5.56 Å². The Labute approximate surface area is 218 Å². The van der Waals surface area contributed by atoms with Crippen LogP contribution in [0.1, 0.15) is 37.0 Å². The van der Waals surface area contributed by atoms with Gasteiger partial charge in [-0.1, -0.05) is 25.5 Å². The summed E-state index contributed by atoms with van der Waals surface area (Å²) >= 11 is 0. The number of hydrogen-bond acceptors (Lipinski definition) is 6. The van der Waals surface area contributed by atoms with Crippen LogP contribution in [0.2, 0.25) is 0 Å². The van der Waals surface area contributed by atoms with E-state index in [0.29, 0.717) is 35.6 Å². The summed E-state index contributed by atoms with van der Waals surface area (Å²) in [5.74, 6) is 0.256. The van der Waals surface area contributed by atoms with E-state index in [-0.39, 0.29) is 37.7 Å². The first kappa shape index (κ1) is 28.3. The van der Waals surface area contributed by atoms with Crippen LogP contribution in [0.4, 0.5) is 31.1 Å². The zero-order valence-electron chi connectivity index (χ0n) is 20.7. The first-order valence-electron chi connectivity index (χ1n) is 11.8. The van der Waals surface area contributed by atoms with Crippen molar-refractivity contribution in [3.8, 4) is 17.2 Å². The van der Waals surface area contributed by atoms with Gasteiger partial charge < -0.3 is 24.6 Å². The number of ether oxygens (including phenoxy) is 3. The van der Waals surface area contributed by atoms with Gasteiger partial charge in [-0.15, -0.1) is 0 Å². The van der Waals surface area contributed by atoms with Crippen molar-refractivity contribution < 1.29 is 55.2 Å². The number of carbonyl (C=O) groups excluding carboxylic acids is 2. The number of rotatable bonds is 8. The Kier molecular flexibility index (Phi) is 7.13. The molecular formula is C25H24F6N2O6. The summed E-state index contributed by atoms with van der Waals surface area (Å²) in [7, 11) is 0. The van der Waals surface area contributed by atoms with Crippen LogP contribution >= 0.6 is 0 Å². The van der Waals surface area contributed by atoms with Crippen LogP contribution < -0.4 is 19.5 Å². The zero-order valence-corrected chi connectivity index (χ0v) is 20.7. The second-order valence-corrected chi connectivity index (χ2v) is 9.21. The normalized spacial score (nSPS) is 19.5. The third-order valence-electron chi connectivity index (χ3n) is 6.62. The minimum Gasteiger partial charge on any atom is -0.491 e. The molecule has 39 heavy (non-hydrogen) atoms. The third-order valence-corrected chi connectivity index (χ3v) is 6.62. The molecule has 1 fully saturated rings. The number of amides is 3. The van der Waals surface area contributed by atoms with Gasteiger partial charge in [0.2, 0.25) is 6.79 Å². The first-order valence-corrected chi connectivity index (χ1v) is 11.8. The van der Waals surface area contributed by atoms with Crippen molar-refractivity contribution in [3.05, 3.63) is 53.1 Å². The fourth-order valence-corrected chi connectivity index (χ4v) is 4.45. The molecule has 2 heterocycles. The number of nitrogens with zero attached hydrogens (tertiary/aromatic N) is 1. The lowest BCUT2D eigenvalue weighted by Crippen LogP contribution is -2.53. The lowest BCUT2D eigenvalue weighted by atomic mass is 9.90. The number of nitrogens with one attached hydrogen (secondary N) is 1. The number of aliphatic hydroxyl groups is 1. The summed E-state index contributed by atoms with van der Waals surface area (Å²) in [6.07, 6.45) is -11.7. The highest BCUT2D eigenvalue weighted by Crippen LogP contribution is 2.50. The minimum absolute atomic E-state index is 0.00989. The largest absolute Gasteiger partial charge is 0.491 e. The number of aryl methyl sites for hydroxylation is 1. The van der Waals surface area contributed by atoms with Crippen LogP contribution in [0.25, 0.3) is 0 Å². The Morgan fingerprint density at radius 3 is 2.33 bits per heavy atom. The van der Waals surface area contributed by atoms with Crippen molar-refractivity contribution >= 4 is 11.9 Å². The van der Waals surface area contributed by atoms with E-state index in [1.165, 1.54) is 6.92 Å². The summed E-state index contributed by atoms with van der Waals surface area (Å²) in [6.45, 7) is 2.63. The highest BCUT2D eigenvalue weighted by Gasteiger charge is 2.71. The van der Waals surface area contributed by atoms with Crippen molar-refractivity contribution in [2.45, 2.75) is 50.2 Å². The van der Waals surface area contributed by atoms with E-state index in [9.17, 15) is 41.0 Å². The molecule has 2 N–H and O–H groups in total. The summed E-state index contributed by atoms with van der Waals surface area (Å²) in [5, 5.41) is 12.3. The molecule has 0 spiro atoms. The van der Waals surface area contributed by atoms with Crippen molar-refractivity contribution in [3.63, 3.8) is 0 Å². The molecule has 0 radical (unpaired) electrons. The maximum Gasteiger partial charge on any atom is 0.430 e. The lowest BCUT2D eigenvalue weighted by molar-refractivity contribution is -0.376. The monoisotopic (exact) mass is 562 g/mol. The van der Waals surface area contributed by atoms with Crippen LogP contribution in [0.5, 0.6) is 17.2 Å². The quantitative estimate of drug-likeness (QED) is 0.363. The zero-order chi connectivity index (χ0) is 28.8. The number of urea groups is 1. The second-order valence-electron chi connectivity index (χ2n) is 9.21. The summed E-state index contributed by atoms with van der Waals surface area (Å²) in [4.78, 5) is 26.7. The molecule has 1 unspecified atom stereocenters. The van der Waals surface area contributed by atoms with Gasteiger partial charge in [0.1, 0.15) is 17.9 Å². The number of imide groups is 1. The van der Waals surface area contributed by atoms with E-state index in [1.807, 2.05) is 0 Å². The molecule has 212 valence electrons. The Bertz CT molecular complexity index is 1270. The number of benzene rings is 2. The van der Waals surface area contributed by atoms with Crippen molar-refractivity contribution in [2.75, 3.05) is 19.9 Å². The average molecular weight is 562 g/mol. The fraction of sp³-hybridized carbons (Fsp3) is 0.440. The van der Waals surface area contributed by atoms with Crippen LogP contribution in [0, 0.1) is 0 Å². The van der Waals surface area contributed by atoms with E-state index < -0.39 is 41.0 Å². The smallest absolute Gasteiger partial charge is 0.430 e. The van der Waals surface area contributed by atoms with Gasteiger partial charge in [0.25, 0.3) is 11.5 Å².